The van der Waals surface area contributed by atoms with Gasteiger partial charge in [0.1, 0.15) is 11.6 Å². The molecular formula is C16H15ClFNO2. The second kappa shape index (κ2) is 6.59. The van der Waals surface area contributed by atoms with Crippen molar-refractivity contribution in [2.45, 2.75) is 13.0 Å². The smallest absolute Gasteiger partial charge is 0.267 e. The van der Waals surface area contributed by atoms with Crippen LogP contribution in [0, 0.1) is 5.82 Å². The van der Waals surface area contributed by atoms with Gasteiger partial charge in [0.2, 0.25) is 0 Å². The molecule has 21 heavy (non-hydrogen) atoms. The first kappa shape index (κ1) is 15.3. The van der Waals surface area contributed by atoms with E-state index in [1.54, 1.807) is 49.4 Å². The minimum atomic E-state index is -0.740. The van der Waals surface area contributed by atoms with Crippen molar-refractivity contribution in [3.8, 4) is 5.75 Å². The standard InChI is InChI=1S/C16H15ClFNO2/c1-11(21-13-9-7-12(17)8-10-13)16(20)19(2)15-6-4-3-5-14(15)18/h3-11H,1-2H3. The highest BCUT2D eigenvalue weighted by Crippen LogP contribution is 2.20. The van der Waals surface area contributed by atoms with Crippen LogP contribution in [0.25, 0.3) is 0 Å². The van der Waals surface area contributed by atoms with Crippen LogP contribution in [-0.2, 0) is 4.79 Å². The topological polar surface area (TPSA) is 29.5 Å². The number of benzene rings is 2. The van der Waals surface area contributed by atoms with Crippen LogP contribution in [0.4, 0.5) is 10.1 Å². The normalized spacial score (nSPS) is 11.8. The molecule has 3 nitrogen and oxygen atoms in total. The molecule has 110 valence electrons. The summed E-state index contributed by atoms with van der Waals surface area (Å²) in [5.41, 5.74) is 0.217. The highest BCUT2D eigenvalue weighted by atomic mass is 35.5. The third-order valence-corrected chi connectivity index (χ3v) is 3.27. The molecule has 0 radical (unpaired) electrons. The number of halogens is 2. The molecule has 2 aromatic rings. The Morgan fingerprint density at radius 1 is 1.19 bits per heavy atom. The summed E-state index contributed by atoms with van der Waals surface area (Å²) < 4.78 is 19.2. The number of anilines is 1. The number of nitrogens with zero attached hydrogens (tertiary/aromatic N) is 1. The second-order valence-corrected chi connectivity index (χ2v) is 5.00. The van der Waals surface area contributed by atoms with Crippen LogP contribution in [0.2, 0.25) is 5.02 Å². The molecular weight excluding hydrogens is 293 g/mol. The van der Waals surface area contributed by atoms with E-state index in [0.29, 0.717) is 10.8 Å². The van der Waals surface area contributed by atoms with Gasteiger partial charge in [-0.05, 0) is 43.3 Å². The maximum absolute atomic E-state index is 13.7. The van der Waals surface area contributed by atoms with E-state index in [-0.39, 0.29) is 11.6 Å². The van der Waals surface area contributed by atoms with Crippen molar-refractivity contribution in [2.24, 2.45) is 0 Å². The van der Waals surface area contributed by atoms with Gasteiger partial charge in [0, 0.05) is 12.1 Å². The lowest BCUT2D eigenvalue weighted by molar-refractivity contribution is -0.124. The van der Waals surface area contributed by atoms with Crippen molar-refractivity contribution < 1.29 is 13.9 Å². The number of likely N-dealkylation sites (N-methyl/N-ethyl adjacent to an activating group) is 1. The summed E-state index contributed by atoms with van der Waals surface area (Å²) in [4.78, 5) is 13.5. The minimum absolute atomic E-state index is 0.217. The highest BCUT2D eigenvalue weighted by Gasteiger charge is 2.22. The number of hydrogen-bond donors (Lipinski definition) is 0. The Morgan fingerprint density at radius 3 is 2.43 bits per heavy atom. The molecule has 0 aliphatic rings. The van der Waals surface area contributed by atoms with Crippen molar-refractivity contribution in [1.29, 1.82) is 0 Å². The van der Waals surface area contributed by atoms with Gasteiger partial charge in [-0.2, -0.15) is 0 Å². The fraction of sp³-hybridized carbons (Fsp3) is 0.188. The predicted octanol–water partition coefficient (Wildman–Crippen LogP) is 3.91. The summed E-state index contributed by atoms with van der Waals surface area (Å²) in [6.45, 7) is 1.62. The molecule has 0 bridgehead atoms. The molecule has 0 aromatic heterocycles. The molecule has 2 rings (SSSR count). The van der Waals surface area contributed by atoms with Gasteiger partial charge in [0.15, 0.2) is 6.10 Å². The fourth-order valence-electron chi connectivity index (χ4n) is 1.88. The van der Waals surface area contributed by atoms with Crippen LogP contribution in [0.15, 0.2) is 48.5 Å². The van der Waals surface area contributed by atoms with Crippen molar-refractivity contribution in [3.05, 3.63) is 59.4 Å². The quantitative estimate of drug-likeness (QED) is 0.857. The molecule has 0 spiro atoms. The van der Waals surface area contributed by atoms with E-state index in [0.717, 1.165) is 0 Å². The van der Waals surface area contributed by atoms with Gasteiger partial charge in [-0.1, -0.05) is 23.7 Å². The van der Waals surface area contributed by atoms with Crippen LogP contribution < -0.4 is 9.64 Å². The number of ether oxygens (including phenoxy) is 1. The average molecular weight is 308 g/mol. The van der Waals surface area contributed by atoms with Crippen molar-refractivity contribution in [3.63, 3.8) is 0 Å². The Balaban J connectivity index is 2.08. The first-order valence-corrected chi connectivity index (χ1v) is 6.81. The van der Waals surface area contributed by atoms with E-state index >= 15 is 0 Å². The van der Waals surface area contributed by atoms with Crippen LogP contribution in [0.1, 0.15) is 6.92 Å². The highest BCUT2D eigenvalue weighted by molar-refractivity contribution is 6.30. The van der Waals surface area contributed by atoms with Gasteiger partial charge in [0.25, 0.3) is 5.91 Å². The van der Waals surface area contributed by atoms with Gasteiger partial charge in [-0.15, -0.1) is 0 Å². The SMILES string of the molecule is CC(Oc1ccc(Cl)cc1)C(=O)N(C)c1ccccc1F. The molecule has 2 aromatic carbocycles. The summed E-state index contributed by atoms with van der Waals surface area (Å²) in [5, 5.41) is 0.588. The average Bonchev–Trinajstić information content (AvgIpc) is 2.48. The number of carbonyl (C=O) groups is 1. The fourth-order valence-corrected chi connectivity index (χ4v) is 2.01. The van der Waals surface area contributed by atoms with Gasteiger partial charge >= 0.3 is 0 Å². The van der Waals surface area contributed by atoms with Crippen LogP contribution in [-0.4, -0.2) is 19.1 Å². The predicted molar refractivity (Wildman–Crippen MR) is 81.4 cm³/mol. The molecule has 0 saturated carbocycles. The van der Waals surface area contributed by atoms with E-state index in [4.69, 9.17) is 16.3 Å². The van der Waals surface area contributed by atoms with Crippen molar-refractivity contribution >= 4 is 23.2 Å². The van der Waals surface area contributed by atoms with E-state index in [1.807, 2.05) is 0 Å². The van der Waals surface area contributed by atoms with Gasteiger partial charge in [-0.25, -0.2) is 4.39 Å². The van der Waals surface area contributed by atoms with Gasteiger partial charge < -0.3 is 9.64 Å². The molecule has 5 heteroatoms. The lowest BCUT2D eigenvalue weighted by atomic mass is 10.2. The number of hydrogen-bond acceptors (Lipinski definition) is 2. The lowest BCUT2D eigenvalue weighted by Crippen LogP contribution is -2.38. The molecule has 1 atom stereocenters. The Labute approximate surface area is 127 Å². The Kier molecular flexibility index (Phi) is 4.81. The van der Waals surface area contributed by atoms with Gasteiger partial charge in [-0.3, -0.25) is 4.79 Å². The first-order chi connectivity index (χ1) is 9.99. The Hall–Kier alpha value is -2.07. The summed E-state index contributed by atoms with van der Waals surface area (Å²) in [5.74, 6) is -0.260. The maximum atomic E-state index is 13.7. The molecule has 0 fully saturated rings. The first-order valence-electron chi connectivity index (χ1n) is 6.43. The third-order valence-electron chi connectivity index (χ3n) is 3.02. The Morgan fingerprint density at radius 2 is 1.81 bits per heavy atom. The third kappa shape index (κ3) is 3.73. The number of amides is 1. The number of carbonyl (C=O) groups excluding carboxylic acids is 1. The monoisotopic (exact) mass is 307 g/mol. The van der Waals surface area contributed by atoms with Gasteiger partial charge in [0.05, 0.1) is 5.69 Å². The number of para-hydroxylation sites is 1. The molecule has 0 aliphatic heterocycles. The Bertz CT molecular complexity index is 630. The molecule has 1 unspecified atom stereocenters. The van der Waals surface area contributed by atoms with E-state index in [1.165, 1.54) is 18.0 Å². The zero-order chi connectivity index (χ0) is 15.4. The van der Waals surface area contributed by atoms with Crippen LogP contribution in [0.3, 0.4) is 0 Å². The second-order valence-electron chi connectivity index (χ2n) is 4.56. The summed E-state index contributed by atoms with van der Waals surface area (Å²) in [6, 6.07) is 12.8. The number of rotatable bonds is 4. The van der Waals surface area contributed by atoms with E-state index in [2.05, 4.69) is 0 Å². The van der Waals surface area contributed by atoms with Crippen molar-refractivity contribution in [2.75, 3.05) is 11.9 Å². The lowest BCUT2D eigenvalue weighted by Gasteiger charge is -2.22. The summed E-state index contributed by atoms with van der Waals surface area (Å²) in [6.07, 6.45) is -0.740. The summed E-state index contributed by atoms with van der Waals surface area (Å²) in [7, 11) is 1.52. The summed E-state index contributed by atoms with van der Waals surface area (Å²) >= 11 is 5.79. The molecule has 1 amide bonds. The van der Waals surface area contributed by atoms with Crippen molar-refractivity contribution in [1.82, 2.24) is 0 Å². The van der Waals surface area contributed by atoms with E-state index in [9.17, 15) is 9.18 Å². The maximum Gasteiger partial charge on any atom is 0.267 e. The van der Waals surface area contributed by atoms with Crippen LogP contribution >= 0.6 is 11.6 Å². The molecule has 0 N–H and O–H groups in total. The zero-order valence-electron chi connectivity index (χ0n) is 11.7. The van der Waals surface area contributed by atoms with Crippen LogP contribution in [0.5, 0.6) is 5.75 Å². The zero-order valence-corrected chi connectivity index (χ0v) is 12.5. The molecule has 0 aliphatic carbocycles. The molecule has 0 heterocycles. The largest absolute Gasteiger partial charge is 0.481 e. The minimum Gasteiger partial charge on any atom is -0.481 e. The van der Waals surface area contributed by atoms with E-state index < -0.39 is 11.9 Å². The molecule has 0 saturated heterocycles.